The Balaban J connectivity index is 1.45. The predicted octanol–water partition coefficient (Wildman–Crippen LogP) is 5.83. The quantitative estimate of drug-likeness (QED) is 0.399. The van der Waals surface area contributed by atoms with E-state index in [-0.39, 0.29) is 11.8 Å². The van der Waals surface area contributed by atoms with Gasteiger partial charge >= 0.3 is 0 Å². The molecule has 1 heterocycles. The average Bonchev–Trinajstić information content (AvgIpc) is 2.84. The fourth-order valence-electron chi connectivity index (χ4n) is 3.57. The smallest absolute Gasteiger partial charge is 0.256 e. The first-order valence-electron chi connectivity index (χ1n) is 10.4. The van der Waals surface area contributed by atoms with Crippen LogP contribution in [-0.4, -0.2) is 17.4 Å². The molecule has 4 rings (SSSR count). The van der Waals surface area contributed by atoms with E-state index in [0.29, 0.717) is 23.7 Å². The van der Waals surface area contributed by atoms with E-state index in [1.807, 2.05) is 66.7 Å². The lowest BCUT2D eigenvalue weighted by Crippen LogP contribution is -2.26. The molecule has 0 fully saturated rings. The van der Waals surface area contributed by atoms with Crippen LogP contribution in [0.3, 0.4) is 0 Å². The lowest BCUT2D eigenvalue weighted by molar-refractivity contribution is 0.0950. The van der Waals surface area contributed by atoms with Crippen molar-refractivity contribution in [3.05, 3.63) is 126 Å². The van der Waals surface area contributed by atoms with Crippen LogP contribution in [0.25, 0.3) is 0 Å². The highest BCUT2D eigenvalue weighted by Crippen LogP contribution is 2.27. The van der Waals surface area contributed by atoms with Crippen LogP contribution in [0.4, 0.5) is 0 Å². The number of hydrogen-bond acceptors (Lipinski definition) is 3. The van der Waals surface area contributed by atoms with E-state index < -0.39 is 0 Å². The highest BCUT2D eigenvalue weighted by molar-refractivity contribution is 5.96. The third kappa shape index (κ3) is 5.37. The topological polar surface area (TPSA) is 51.2 Å². The van der Waals surface area contributed by atoms with E-state index in [1.165, 1.54) is 11.1 Å². The minimum Gasteiger partial charge on any atom is -0.438 e. The molecule has 0 radical (unpaired) electrons. The summed E-state index contributed by atoms with van der Waals surface area (Å²) in [6, 6.07) is 33.6. The van der Waals surface area contributed by atoms with E-state index in [4.69, 9.17) is 4.74 Å². The Kier molecular flexibility index (Phi) is 6.71. The molecule has 0 saturated heterocycles. The van der Waals surface area contributed by atoms with Crippen molar-refractivity contribution < 1.29 is 9.53 Å². The summed E-state index contributed by atoms with van der Waals surface area (Å²) in [6.07, 6.45) is 2.41. The van der Waals surface area contributed by atoms with Crippen molar-refractivity contribution >= 4 is 5.91 Å². The summed E-state index contributed by atoms with van der Waals surface area (Å²) >= 11 is 0. The number of aromatic nitrogens is 1. The van der Waals surface area contributed by atoms with Gasteiger partial charge in [-0.15, -0.1) is 0 Å². The fourth-order valence-corrected chi connectivity index (χ4v) is 3.57. The molecule has 4 nitrogen and oxygen atoms in total. The van der Waals surface area contributed by atoms with Gasteiger partial charge < -0.3 is 10.1 Å². The Hall–Kier alpha value is -3.92. The molecule has 0 aliphatic heterocycles. The Morgan fingerprint density at radius 3 is 1.97 bits per heavy atom. The van der Waals surface area contributed by atoms with Crippen molar-refractivity contribution in [1.82, 2.24) is 10.3 Å². The summed E-state index contributed by atoms with van der Waals surface area (Å²) in [7, 11) is 0. The Morgan fingerprint density at radius 1 is 0.774 bits per heavy atom. The van der Waals surface area contributed by atoms with Crippen LogP contribution in [0, 0.1) is 0 Å². The predicted molar refractivity (Wildman–Crippen MR) is 122 cm³/mol. The molecule has 1 amide bonds. The largest absolute Gasteiger partial charge is 0.438 e. The molecule has 0 aliphatic carbocycles. The Labute approximate surface area is 182 Å². The number of carbonyl (C=O) groups excluding carboxylic acids is 1. The first-order valence-corrected chi connectivity index (χ1v) is 10.4. The van der Waals surface area contributed by atoms with Gasteiger partial charge in [-0.3, -0.25) is 4.79 Å². The minimum absolute atomic E-state index is 0.195. The molecule has 3 aromatic carbocycles. The van der Waals surface area contributed by atoms with Gasteiger partial charge in [0.05, 0.1) is 0 Å². The summed E-state index contributed by atoms with van der Waals surface area (Å²) in [4.78, 5) is 17.1. The fraction of sp³-hybridized carbons (Fsp3) is 0.111. The zero-order valence-electron chi connectivity index (χ0n) is 17.1. The van der Waals surface area contributed by atoms with Crippen LogP contribution >= 0.6 is 0 Å². The number of benzene rings is 3. The molecule has 0 atom stereocenters. The van der Waals surface area contributed by atoms with Crippen molar-refractivity contribution in [3.63, 3.8) is 0 Å². The molecule has 0 aliphatic rings. The number of carbonyl (C=O) groups is 1. The molecule has 0 spiro atoms. The first kappa shape index (κ1) is 20.4. The van der Waals surface area contributed by atoms with Crippen molar-refractivity contribution in [2.45, 2.75) is 12.3 Å². The summed E-state index contributed by atoms with van der Waals surface area (Å²) in [6.45, 7) is 0.535. The Bertz CT molecular complexity index is 1060. The van der Waals surface area contributed by atoms with Crippen LogP contribution < -0.4 is 10.1 Å². The number of amides is 1. The highest BCUT2D eigenvalue weighted by atomic mass is 16.5. The van der Waals surface area contributed by atoms with Crippen molar-refractivity contribution in [3.8, 4) is 11.6 Å². The van der Waals surface area contributed by atoms with Gasteiger partial charge in [0.1, 0.15) is 11.3 Å². The summed E-state index contributed by atoms with van der Waals surface area (Å²) in [5.74, 6) is 0.952. The van der Waals surface area contributed by atoms with Crippen LogP contribution in [0.1, 0.15) is 33.8 Å². The van der Waals surface area contributed by atoms with Crippen molar-refractivity contribution in [2.24, 2.45) is 0 Å². The van der Waals surface area contributed by atoms with Gasteiger partial charge in [0, 0.05) is 18.7 Å². The van der Waals surface area contributed by atoms with Crippen molar-refractivity contribution in [2.75, 3.05) is 6.54 Å². The molecule has 0 unspecified atom stereocenters. The van der Waals surface area contributed by atoms with Crippen LogP contribution in [0.15, 0.2) is 109 Å². The zero-order valence-corrected chi connectivity index (χ0v) is 17.1. The van der Waals surface area contributed by atoms with E-state index in [0.717, 1.165) is 6.42 Å². The maximum atomic E-state index is 12.9. The molecular formula is C27H24N2O2. The lowest BCUT2D eigenvalue weighted by Gasteiger charge is -2.18. The van der Waals surface area contributed by atoms with E-state index in [9.17, 15) is 4.79 Å². The Morgan fingerprint density at radius 2 is 1.35 bits per heavy atom. The van der Waals surface area contributed by atoms with Crippen LogP contribution in [-0.2, 0) is 0 Å². The SMILES string of the molecule is O=C(NCCC(c1ccccc1)c1ccccc1)c1cccnc1Oc1ccccc1. The summed E-state index contributed by atoms with van der Waals surface area (Å²) in [5.41, 5.74) is 2.89. The van der Waals surface area contributed by atoms with Gasteiger partial charge in [-0.1, -0.05) is 78.9 Å². The molecule has 31 heavy (non-hydrogen) atoms. The monoisotopic (exact) mass is 408 g/mol. The minimum atomic E-state index is -0.195. The number of nitrogens with zero attached hydrogens (tertiary/aromatic N) is 1. The normalized spacial score (nSPS) is 10.6. The van der Waals surface area contributed by atoms with Gasteiger partial charge in [-0.2, -0.15) is 0 Å². The highest BCUT2D eigenvalue weighted by Gasteiger charge is 2.17. The lowest BCUT2D eigenvalue weighted by atomic mass is 9.88. The van der Waals surface area contributed by atoms with Crippen LogP contribution in [0.5, 0.6) is 11.6 Å². The van der Waals surface area contributed by atoms with Gasteiger partial charge in [0.2, 0.25) is 5.88 Å². The van der Waals surface area contributed by atoms with E-state index in [1.54, 1.807) is 18.3 Å². The summed E-state index contributed by atoms with van der Waals surface area (Å²) in [5, 5.41) is 3.04. The van der Waals surface area contributed by atoms with E-state index >= 15 is 0 Å². The van der Waals surface area contributed by atoms with Gasteiger partial charge in [-0.05, 0) is 41.8 Å². The second kappa shape index (κ2) is 10.2. The molecular weight excluding hydrogens is 384 g/mol. The van der Waals surface area contributed by atoms with Gasteiger partial charge in [0.25, 0.3) is 5.91 Å². The number of hydrogen-bond donors (Lipinski definition) is 1. The number of nitrogens with one attached hydrogen (secondary N) is 1. The first-order chi connectivity index (χ1) is 15.3. The molecule has 4 aromatic rings. The number of pyridine rings is 1. The molecule has 154 valence electrons. The molecule has 0 bridgehead atoms. The molecule has 1 aromatic heterocycles. The number of ether oxygens (including phenoxy) is 1. The van der Waals surface area contributed by atoms with Crippen LogP contribution in [0.2, 0.25) is 0 Å². The average molecular weight is 409 g/mol. The standard InChI is InChI=1S/C27H24N2O2/c30-26(25-17-10-19-29-27(25)31-23-15-8-3-9-16-23)28-20-18-24(21-11-4-1-5-12-21)22-13-6-2-7-14-22/h1-17,19,24H,18,20H2,(H,28,30). The molecule has 4 heteroatoms. The second-order valence-corrected chi connectivity index (χ2v) is 7.19. The van der Waals surface area contributed by atoms with Gasteiger partial charge in [0.15, 0.2) is 0 Å². The third-order valence-electron chi connectivity index (χ3n) is 5.10. The maximum Gasteiger partial charge on any atom is 0.256 e. The molecule has 1 N–H and O–H groups in total. The second-order valence-electron chi connectivity index (χ2n) is 7.19. The molecule has 0 saturated carbocycles. The number of para-hydroxylation sites is 1. The summed E-state index contributed by atoms with van der Waals surface area (Å²) < 4.78 is 5.82. The zero-order chi connectivity index (χ0) is 21.3. The maximum absolute atomic E-state index is 12.9. The van der Waals surface area contributed by atoms with Crippen molar-refractivity contribution in [1.29, 1.82) is 0 Å². The van der Waals surface area contributed by atoms with E-state index in [2.05, 4.69) is 34.6 Å². The van der Waals surface area contributed by atoms with Gasteiger partial charge in [-0.25, -0.2) is 4.98 Å². The number of rotatable bonds is 8. The third-order valence-corrected chi connectivity index (χ3v) is 5.10.